The predicted molar refractivity (Wildman–Crippen MR) is 164 cm³/mol. The first-order chi connectivity index (χ1) is 20.5. The largest absolute Gasteiger partial charge is 0.384 e. The summed E-state index contributed by atoms with van der Waals surface area (Å²) < 4.78 is 27.6. The Morgan fingerprint density at radius 3 is 2.45 bits per heavy atom. The Morgan fingerprint density at radius 2 is 1.71 bits per heavy atom. The van der Waals surface area contributed by atoms with Crippen LogP contribution in [-0.4, -0.2) is 84.8 Å². The monoisotopic (exact) mass is 633 g/mol. The molecule has 0 unspecified atom stereocenters. The lowest BCUT2D eigenvalue weighted by Crippen LogP contribution is -2.39. The van der Waals surface area contributed by atoms with Crippen molar-refractivity contribution < 1.29 is 18.7 Å². The number of nitrogens with zero attached hydrogens (tertiary/aromatic N) is 4. The normalized spacial score (nSPS) is 15.9. The third kappa shape index (κ3) is 6.73. The molecule has 2 saturated heterocycles. The second kappa shape index (κ2) is 13.2. The Balaban J connectivity index is 1.37. The van der Waals surface area contributed by atoms with Gasteiger partial charge in [-0.15, -0.1) is 0 Å². The summed E-state index contributed by atoms with van der Waals surface area (Å²) in [5.41, 5.74) is 6.53. The van der Waals surface area contributed by atoms with Gasteiger partial charge >= 0.3 is 0 Å². The fourth-order valence-electron chi connectivity index (χ4n) is 5.31. The Bertz CT molecular complexity index is 1520. The van der Waals surface area contributed by atoms with Crippen molar-refractivity contribution in [1.82, 2.24) is 19.6 Å². The minimum atomic E-state index is -0.294. The van der Waals surface area contributed by atoms with Gasteiger partial charge in [0.2, 0.25) is 5.91 Å². The molecule has 8 nitrogen and oxygen atoms in total. The highest BCUT2D eigenvalue weighted by molar-refractivity contribution is 9.10. The molecule has 0 saturated carbocycles. The summed E-state index contributed by atoms with van der Waals surface area (Å²) in [6.45, 7) is 6.19. The SMILES string of the molecule is O=C1COCN1CCc1ccc(NCCN2CCOCC2)cc1-c1cn(-c2ccc(Br)cc2)nc1-c1ccc(F)cc1. The average Bonchev–Trinajstić information content (AvgIpc) is 3.64. The first-order valence-electron chi connectivity index (χ1n) is 14.2. The number of halogens is 2. The van der Waals surface area contributed by atoms with Crippen molar-refractivity contribution >= 4 is 27.5 Å². The molecule has 0 atom stereocenters. The maximum absolute atomic E-state index is 13.9. The summed E-state index contributed by atoms with van der Waals surface area (Å²) in [5, 5.41) is 8.58. The van der Waals surface area contributed by atoms with E-state index in [9.17, 15) is 9.18 Å². The number of nitrogens with one attached hydrogen (secondary N) is 1. The molecular formula is C32H33BrFN5O3. The number of hydrogen-bond donors (Lipinski definition) is 1. The zero-order valence-corrected chi connectivity index (χ0v) is 24.9. The second-order valence-electron chi connectivity index (χ2n) is 10.5. The van der Waals surface area contributed by atoms with Gasteiger partial charge < -0.3 is 19.7 Å². The van der Waals surface area contributed by atoms with Crippen LogP contribution < -0.4 is 5.32 Å². The molecule has 3 heterocycles. The smallest absolute Gasteiger partial charge is 0.250 e. The third-order valence-electron chi connectivity index (χ3n) is 7.66. The van der Waals surface area contributed by atoms with Gasteiger partial charge in [-0.05, 0) is 78.2 Å². The highest BCUT2D eigenvalue weighted by atomic mass is 79.9. The average molecular weight is 635 g/mol. The van der Waals surface area contributed by atoms with Crippen LogP contribution >= 0.6 is 15.9 Å². The molecule has 218 valence electrons. The Morgan fingerprint density at radius 1 is 0.929 bits per heavy atom. The van der Waals surface area contributed by atoms with Crippen molar-refractivity contribution in [3.8, 4) is 28.1 Å². The number of benzene rings is 3. The Hall–Kier alpha value is -3.57. The lowest BCUT2D eigenvalue weighted by atomic mass is 9.95. The van der Waals surface area contributed by atoms with Crippen LogP contribution in [0.4, 0.5) is 10.1 Å². The van der Waals surface area contributed by atoms with Gasteiger partial charge in [-0.25, -0.2) is 9.07 Å². The number of morpholine rings is 1. The first kappa shape index (κ1) is 28.5. The maximum Gasteiger partial charge on any atom is 0.250 e. The first-order valence-corrected chi connectivity index (χ1v) is 15.0. The van der Waals surface area contributed by atoms with Gasteiger partial charge in [0.25, 0.3) is 0 Å². The molecule has 4 aromatic rings. The number of aromatic nitrogens is 2. The molecule has 2 aliphatic heterocycles. The summed E-state index contributed by atoms with van der Waals surface area (Å²) in [6.07, 6.45) is 2.69. The molecule has 10 heteroatoms. The van der Waals surface area contributed by atoms with Crippen LogP contribution in [-0.2, 0) is 20.7 Å². The number of amides is 1. The van der Waals surface area contributed by atoms with Crippen LogP contribution in [0.25, 0.3) is 28.1 Å². The highest BCUT2D eigenvalue weighted by Gasteiger charge is 2.22. The molecular weight excluding hydrogens is 601 g/mol. The van der Waals surface area contributed by atoms with Crippen molar-refractivity contribution in [2.75, 3.05) is 64.6 Å². The molecule has 1 amide bonds. The van der Waals surface area contributed by atoms with Crippen LogP contribution in [0.15, 0.2) is 77.4 Å². The van der Waals surface area contributed by atoms with Crippen LogP contribution in [0.5, 0.6) is 0 Å². The van der Waals surface area contributed by atoms with E-state index in [2.05, 4.69) is 44.3 Å². The molecule has 42 heavy (non-hydrogen) atoms. The lowest BCUT2D eigenvalue weighted by molar-refractivity contribution is -0.126. The van der Waals surface area contributed by atoms with E-state index in [0.717, 1.165) is 83.2 Å². The Kier molecular flexibility index (Phi) is 8.95. The summed E-state index contributed by atoms with van der Waals surface area (Å²) in [5.74, 6) is -0.287. The minimum Gasteiger partial charge on any atom is -0.384 e. The quantitative estimate of drug-likeness (QED) is 0.259. The fourth-order valence-corrected chi connectivity index (χ4v) is 5.57. The molecule has 3 aromatic carbocycles. The number of hydrogen-bond acceptors (Lipinski definition) is 6. The number of carbonyl (C=O) groups excluding carboxylic acids is 1. The van der Waals surface area contributed by atoms with E-state index in [1.54, 1.807) is 17.0 Å². The van der Waals surface area contributed by atoms with E-state index in [1.165, 1.54) is 12.1 Å². The number of ether oxygens (including phenoxy) is 2. The molecule has 1 aromatic heterocycles. The molecule has 0 bridgehead atoms. The summed E-state index contributed by atoms with van der Waals surface area (Å²) in [6, 6.07) is 20.8. The number of rotatable bonds is 10. The number of carbonyl (C=O) groups is 1. The second-order valence-corrected chi connectivity index (χ2v) is 11.4. The highest BCUT2D eigenvalue weighted by Crippen LogP contribution is 2.36. The van der Waals surface area contributed by atoms with Crippen molar-refractivity contribution in [3.63, 3.8) is 0 Å². The van der Waals surface area contributed by atoms with Crippen LogP contribution in [0.3, 0.4) is 0 Å². The van der Waals surface area contributed by atoms with E-state index in [4.69, 9.17) is 14.6 Å². The molecule has 1 N–H and O–H groups in total. The van der Waals surface area contributed by atoms with Gasteiger partial charge in [0, 0.05) is 60.2 Å². The summed E-state index contributed by atoms with van der Waals surface area (Å²) in [7, 11) is 0. The molecule has 2 aliphatic rings. The van der Waals surface area contributed by atoms with Gasteiger partial charge in [-0.2, -0.15) is 5.10 Å². The molecule has 0 spiro atoms. The Labute approximate surface area is 253 Å². The maximum atomic E-state index is 13.9. The van der Waals surface area contributed by atoms with E-state index in [-0.39, 0.29) is 18.3 Å². The van der Waals surface area contributed by atoms with Gasteiger partial charge in [-0.3, -0.25) is 9.69 Å². The van der Waals surface area contributed by atoms with Crippen molar-refractivity contribution in [3.05, 3.63) is 88.8 Å². The molecule has 2 fully saturated rings. The van der Waals surface area contributed by atoms with Crippen LogP contribution in [0, 0.1) is 5.82 Å². The van der Waals surface area contributed by atoms with Gasteiger partial charge in [0.05, 0.1) is 18.9 Å². The van der Waals surface area contributed by atoms with Crippen molar-refractivity contribution in [2.24, 2.45) is 0 Å². The molecule has 0 aliphatic carbocycles. The van der Waals surface area contributed by atoms with Crippen molar-refractivity contribution in [2.45, 2.75) is 6.42 Å². The predicted octanol–water partition coefficient (Wildman–Crippen LogP) is 5.21. The molecule has 0 radical (unpaired) electrons. The van der Waals surface area contributed by atoms with Crippen molar-refractivity contribution in [1.29, 1.82) is 0 Å². The van der Waals surface area contributed by atoms with E-state index < -0.39 is 0 Å². The van der Waals surface area contributed by atoms with E-state index >= 15 is 0 Å². The van der Waals surface area contributed by atoms with E-state index in [1.807, 2.05) is 35.1 Å². The molecule has 6 rings (SSSR count). The minimum absolute atomic E-state index is 0.00742. The lowest BCUT2D eigenvalue weighted by Gasteiger charge is -2.26. The van der Waals surface area contributed by atoms with Gasteiger partial charge in [0.1, 0.15) is 24.8 Å². The zero-order chi connectivity index (χ0) is 28.9. The van der Waals surface area contributed by atoms with Gasteiger partial charge in [0.15, 0.2) is 0 Å². The summed E-state index contributed by atoms with van der Waals surface area (Å²) in [4.78, 5) is 16.4. The fraction of sp³-hybridized carbons (Fsp3) is 0.312. The van der Waals surface area contributed by atoms with Gasteiger partial charge in [-0.1, -0.05) is 22.0 Å². The standard InChI is InChI=1S/C32H33BrFN5O3/c33-25-4-9-28(10-5-25)39-20-30(32(36-39)24-1-6-26(34)7-2-24)29-19-27(35-12-14-37-15-17-41-18-16-37)8-3-23(29)11-13-38-22-42-21-31(38)40/h1-10,19-20,35H,11-18,21-22H2. The third-order valence-corrected chi connectivity index (χ3v) is 8.19. The van der Waals surface area contributed by atoms with E-state index in [0.29, 0.717) is 19.7 Å². The van der Waals surface area contributed by atoms with Crippen LogP contribution in [0.2, 0.25) is 0 Å². The van der Waals surface area contributed by atoms with Crippen LogP contribution in [0.1, 0.15) is 5.56 Å². The zero-order valence-electron chi connectivity index (χ0n) is 23.3. The number of anilines is 1. The summed E-state index contributed by atoms with van der Waals surface area (Å²) >= 11 is 3.51. The topological polar surface area (TPSA) is 71.9 Å².